The molecule has 13 heteroatoms. The molecule has 6 atom stereocenters. The van der Waals surface area contributed by atoms with E-state index < -0.39 is 25.6 Å². The summed E-state index contributed by atoms with van der Waals surface area (Å²) in [6.07, 6.45) is 13.6. The molecule has 11 nitrogen and oxygen atoms in total. The number of aromatic amines is 1. The van der Waals surface area contributed by atoms with Crippen LogP contribution in [0.1, 0.15) is 105 Å². The Morgan fingerprint density at radius 1 is 1.18 bits per heavy atom. The van der Waals surface area contributed by atoms with E-state index in [0.29, 0.717) is 30.3 Å². The second-order valence-corrected chi connectivity index (χ2v) is 13.1. The first-order valence-electron chi connectivity index (χ1n) is 14.8. The average Bonchev–Trinajstić information content (AvgIpc) is 3.58. The number of imidazole rings is 1. The molecule has 2 aromatic heterocycles. The number of rotatable bonds is 20. The van der Waals surface area contributed by atoms with Crippen LogP contribution in [0.3, 0.4) is 0 Å². The van der Waals surface area contributed by atoms with Crippen LogP contribution in [0.15, 0.2) is 17.4 Å². The third-order valence-electron chi connectivity index (χ3n) is 7.15. The van der Waals surface area contributed by atoms with Gasteiger partial charge in [0.05, 0.1) is 31.5 Å². The van der Waals surface area contributed by atoms with Crippen molar-refractivity contribution in [1.29, 1.82) is 0 Å². The molecule has 3 rings (SSSR count). The molecule has 0 aromatic carbocycles. The van der Waals surface area contributed by atoms with Gasteiger partial charge in [-0.25, -0.2) is 14.5 Å². The number of nitrogens with one attached hydrogen (secondary N) is 1. The SMILES string of the molecule is CCCCCCCCCC(CC)SC(OP(=O)(O)OC[C@@H]1CC[C@H](n2cnc3c(=O)[nH]cnc32)O1)C(C)OCC. The third kappa shape index (κ3) is 10.2. The molecular weight excluding hydrogens is 555 g/mol. The Labute approximate surface area is 241 Å². The third-order valence-corrected chi connectivity index (χ3v) is 9.96. The van der Waals surface area contributed by atoms with E-state index in [0.717, 1.165) is 19.3 Å². The van der Waals surface area contributed by atoms with E-state index in [9.17, 15) is 14.3 Å². The van der Waals surface area contributed by atoms with Crippen LogP contribution < -0.4 is 5.56 Å². The topological polar surface area (TPSA) is 138 Å². The Balaban J connectivity index is 1.50. The van der Waals surface area contributed by atoms with Crippen LogP contribution in [0.25, 0.3) is 11.2 Å². The van der Waals surface area contributed by atoms with Crippen molar-refractivity contribution in [2.75, 3.05) is 13.2 Å². The van der Waals surface area contributed by atoms with Crippen molar-refractivity contribution in [2.24, 2.45) is 0 Å². The van der Waals surface area contributed by atoms with Gasteiger partial charge in [-0.15, -0.1) is 11.8 Å². The van der Waals surface area contributed by atoms with Crippen LogP contribution in [0.5, 0.6) is 0 Å². The summed E-state index contributed by atoms with van der Waals surface area (Å²) in [4.78, 5) is 33.4. The van der Waals surface area contributed by atoms with E-state index in [1.807, 2.05) is 13.8 Å². The number of unbranched alkanes of at least 4 members (excludes halogenated alkanes) is 6. The minimum Gasteiger partial charge on any atom is -0.375 e. The van der Waals surface area contributed by atoms with E-state index in [2.05, 4.69) is 28.8 Å². The molecule has 0 bridgehead atoms. The second kappa shape index (κ2) is 17.0. The predicted octanol–water partition coefficient (Wildman–Crippen LogP) is 6.33. The quantitative estimate of drug-likeness (QED) is 0.100. The molecule has 2 N–H and O–H groups in total. The Morgan fingerprint density at radius 2 is 1.93 bits per heavy atom. The summed E-state index contributed by atoms with van der Waals surface area (Å²) in [6.45, 7) is 8.51. The molecule has 0 radical (unpaired) electrons. The van der Waals surface area contributed by atoms with Crippen molar-refractivity contribution in [3.05, 3.63) is 23.0 Å². The number of H-pyrrole nitrogens is 1. The molecule has 228 valence electrons. The van der Waals surface area contributed by atoms with Crippen LogP contribution >= 0.6 is 19.6 Å². The van der Waals surface area contributed by atoms with Crippen LogP contribution in [0.4, 0.5) is 0 Å². The van der Waals surface area contributed by atoms with Crippen LogP contribution in [-0.2, 0) is 23.1 Å². The normalized spacial score (nSPS) is 21.4. The molecule has 40 heavy (non-hydrogen) atoms. The van der Waals surface area contributed by atoms with Gasteiger partial charge in [0.15, 0.2) is 11.2 Å². The molecular formula is C27H47N4O7PS. The minimum absolute atomic E-state index is 0.0967. The van der Waals surface area contributed by atoms with Gasteiger partial charge in [-0.1, -0.05) is 58.8 Å². The number of hydrogen-bond acceptors (Lipinski definition) is 9. The zero-order valence-corrected chi connectivity index (χ0v) is 26.0. The van der Waals surface area contributed by atoms with E-state index in [1.165, 1.54) is 51.2 Å². The summed E-state index contributed by atoms with van der Waals surface area (Å²) in [6, 6.07) is 0. The highest BCUT2D eigenvalue weighted by Gasteiger charge is 2.35. The largest absolute Gasteiger partial charge is 0.473 e. The molecule has 3 heterocycles. The highest BCUT2D eigenvalue weighted by molar-refractivity contribution is 8.00. The van der Waals surface area contributed by atoms with Gasteiger partial charge in [0.25, 0.3) is 5.56 Å². The van der Waals surface area contributed by atoms with Gasteiger partial charge < -0.3 is 19.4 Å². The molecule has 2 aromatic rings. The first-order chi connectivity index (χ1) is 19.3. The highest BCUT2D eigenvalue weighted by Crippen LogP contribution is 2.49. The molecule has 1 aliphatic heterocycles. The van der Waals surface area contributed by atoms with Gasteiger partial charge in [0.1, 0.15) is 11.7 Å². The molecule has 0 amide bonds. The van der Waals surface area contributed by atoms with Crippen molar-refractivity contribution < 1.29 is 28.0 Å². The smallest absolute Gasteiger partial charge is 0.375 e. The zero-order chi connectivity index (χ0) is 29.0. The maximum absolute atomic E-state index is 13.0. The Kier molecular flexibility index (Phi) is 14.1. The molecule has 0 aliphatic carbocycles. The lowest BCUT2D eigenvalue weighted by molar-refractivity contribution is -0.0282. The number of hydrogen-bond donors (Lipinski definition) is 2. The summed E-state index contributed by atoms with van der Waals surface area (Å²) in [7, 11) is -4.38. The number of aromatic nitrogens is 4. The fourth-order valence-electron chi connectivity index (χ4n) is 4.88. The first kappa shape index (κ1) is 33.2. The lowest BCUT2D eigenvalue weighted by Gasteiger charge is -2.29. The van der Waals surface area contributed by atoms with Crippen molar-refractivity contribution in [1.82, 2.24) is 19.5 Å². The van der Waals surface area contributed by atoms with Crippen LogP contribution in [0, 0.1) is 0 Å². The number of phosphoric ester groups is 1. The lowest BCUT2D eigenvalue weighted by Crippen LogP contribution is -2.28. The van der Waals surface area contributed by atoms with Crippen LogP contribution in [0.2, 0.25) is 0 Å². The second-order valence-electron chi connectivity index (χ2n) is 10.3. The van der Waals surface area contributed by atoms with Crippen molar-refractivity contribution in [3.63, 3.8) is 0 Å². The summed E-state index contributed by atoms with van der Waals surface area (Å²) in [5, 5.41) is 0.299. The fourth-order valence-corrected chi connectivity index (χ4v) is 7.43. The number of thioether (sulfide) groups is 1. The van der Waals surface area contributed by atoms with Gasteiger partial charge in [-0.2, -0.15) is 0 Å². The first-order valence-corrected chi connectivity index (χ1v) is 17.2. The predicted molar refractivity (Wildman–Crippen MR) is 157 cm³/mol. The van der Waals surface area contributed by atoms with Crippen molar-refractivity contribution in [2.45, 2.75) is 127 Å². The average molecular weight is 603 g/mol. The maximum Gasteiger partial charge on any atom is 0.473 e. The summed E-state index contributed by atoms with van der Waals surface area (Å²) in [5.41, 5.74) is -0.285. The summed E-state index contributed by atoms with van der Waals surface area (Å²) >= 11 is 1.56. The molecule has 1 saturated heterocycles. The Hall–Kier alpha value is -1.27. The summed E-state index contributed by atoms with van der Waals surface area (Å²) in [5.74, 6) is 0. The summed E-state index contributed by atoms with van der Waals surface area (Å²) < 4.78 is 37.6. The van der Waals surface area contributed by atoms with Crippen LogP contribution in [-0.4, -0.2) is 60.5 Å². The van der Waals surface area contributed by atoms with Gasteiger partial charge in [0, 0.05) is 11.9 Å². The molecule has 0 saturated carbocycles. The number of ether oxygens (including phenoxy) is 2. The van der Waals surface area contributed by atoms with Crippen molar-refractivity contribution >= 4 is 30.7 Å². The Bertz CT molecular complexity index is 1120. The monoisotopic (exact) mass is 602 g/mol. The Morgan fingerprint density at radius 3 is 2.65 bits per heavy atom. The van der Waals surface area contributed by atoms with Gasteiger partial charge in [0.2, 0.25) is 0 Å². The molecule has 4 unspecified atom stereocenters. The maximum atomic E-state index is 13.0. The van der Waals surface area contributed by atoms with Gasteiger partial charge in [-0.3, -0.25) is 18.4 Å². The number of nitrogens with zero attached hydrogens (tertiary/aromatic N) is 3. The van der Waals surface area contributed by atoms with E-state index in [4.69, 9.17) is 18.5 Å². The van der Waals surface area contributed by atoms with E-state index in [1.54, 1.807) is 16.3 Å². The lowest BCUT2D eigenvalue weighted by atomic mass is 10.1. The standard InChI is InChI=1S/C27H47N4O7PS/c1-5-8-9-10-11-12-13-14-22(6-2)40-27(20(4)35-7-3)38-39(33,34)36-17-21-15-16-23(37-21)31-19-30-24-25(31)28-18-29-26(24)32/h18-23,27H,5-17H2,1-4H3,(H,33,34)(H,28,29,32)/t20?,21-,22?,23+,27?/m0/s1. The van der Waals surface area contributed by atoms with Gasteiger partial charge >= 0.3 is 7.82 Å². The van der Waals surface area contributed by atoms with E-state index >= 15 is 0 Å². The van der Waals surface area contributed by atoms with Crippen molar-refractivity contribution in [3.8, 4) is 0 Å². The zero-order valence-electron chi connectivity index (χ0n) is 24.3. The number of phosphoric acid groups is 1. The minimum atomic E-state index is -4.38. The van der Waals surface area contributed by atoms with Gasteiger partial charge in [-0.05, 0) is 39.5 Å². The number of fused-ring (bicyclic) bond motifs is 1. The fraction of sp³-hybridized carbons (Fsp3) is 0.815. The highest BCUT2D eigenvalue weighted by atomic mass is 32.2. The van der Waals surface area contributed by atoms with E-state index in [-0.39, 0.29) is 23.8 Å². The molecule has 1 aliphatic rings. The molecule has 0 spiro atoms. The molecule has 1 fully saturated rings.